The van der Waals surface area contributed by atoms with Crippen LogP contribution in [0.25, 0.3) is 0 Å². The van der Waals surface area contributed by atoms with E-state index in [1.54, 1.807) is 0 Å². The van der Waals surface area contributed by atoms with E-state index in [2.05, 4.69) is 27.7 Å². The first kappa shape index (κ1) is 29.3. The molecule has 1 aliphatic carbocycles. The van der Waals surface area contributed by atoms with Gasteiger partial charge in [-0.25, -0.2) is 0 Å². The van der Waals surface area contributed by atoms with Gasteiger partial charge in [0.05, 0.1) is 6.10 Å². The largest absolute Gasteiger partial charge is 0.508 e. The zero-order valence-electron chi connectivity index (χ0n) is 22.1. The first-order valence-corrected chi connectivity index (χ1v) is 14.3. The summed E-state index contributed by atoms with van der Waals surface area (Å²) in [5.41, 5.74) is 2.12. The van der Waals surface area contributed by atoms with Gasteiger partial charge < -0.3 is 10.2 Å². The average Bonchev–Trinajstić information content (AvgIpc) is 2.78. The maximum absolute atomic E-state index is 10.8. The van der Waals surface area contributed by atoms with E-state index in [1.807, 2.05) is 6.08 Å². The summed E-state index contributed by atoms with van der Waals surface area (Å²) in [6.45, 7) is 8.98. The van der Waals surface area contributed by atoms with E-state index in [9.17, 15) is 10.2 Å². The summed E-state index contributed by atoms with van der Waals surface area (Å²) < 4.78 is 0. The van der Waals surface area contributed by atoms with Gasteiger partial charge in [-0.05, 0) is 41.9 Å². The Hall–Kier alpha value is -0.760. The highest BCUT2D eigenvalue weighted by Gasteiger charge is 2.27. The van der Waals surface area contributed by atoms with Gasteiger partial charge in [0.2, 0.25) is 0 Å². The Bertz CT molecular complexity index is 519. The Kier molecular flexibility index (Phi) is 17.1. The second kappa shape index (κ2) is 18.6. The monoisotopic (exact) mass is 448 g/mol. The number of unbranched alkanes of at least 4 members (excludes halogenated alkanes) is 14. The lowest BCUT2D eigenvalue weighted by Crippen LogP contribution is -2.23. The summed E-state index contributed by atoms with van der Waals surface area (Å²) >= 11 is 0. The third-order valence-electron chi connectivity index (χ3n) is 7.58. The molecule has 1 rings (SSSR count). The number of rotatable bonds is 20. The van der Waals surface area contributed by atoms with E-state index in [0.29, 0.717) is 24.0 Å². The van der Waals surface area contributed by atoms with Crippen LogP contribution in [-0.4, -0.2) is 16.3 Å². The topological polar surface area (TPSA) is 40.5 Å². The molecule has 0 heterocycles. The van der Waals surface area contributed by atoms with E-state index in [4.69, 9.17) is 0 Å². The molecule has 0 aromatic heterocycles. The second-order valence-electron chi connectivity index (χ2n) is 10.6. The molecule has 32 heavy (non-hydrogen) atoms. The van der Waals surface area contributed by atoms with Crippen LogP contribution in [0.15, 0.2) is 23.0 Å². The summed E-state index contributed by atoms with van der Waals surface area (Å²) in [5.74, 6) is 1.17. The maximum atomic E-state index is 10.8. The summed E-state index contributed by atoms with van der Waals surface area (Å²) in [7, 11) is 0. The predicted octanol–water partition coefficient (Wildman–Crippen LogP) is 9.82. The minimum atomic E-state index is -0.411. The van der Waals surface area contributed by atoms with Gasteiger partial charge in [0.1, 0.15) is 5.76 Å². The fraction of sp³-hybridized carbons (Fsp3) is 0.867. The van der Waals surface area contributed by atoms with Gasteiger partial charge in [-0.15, -0.1) is 0 Å². The van der Waals surface area contributed by atoms with Crippen molar-refractivity contribution in [3.05, 3.63) is 23.0 Å². The van der Waals surface area contributed by atoms with Crippen LogP contribution in [0.2, 0.25) is 0 Å². The lowest BCUT2D eigenvalue weighted by molar-refractivity contribution is 0.184. The highest BCUT2D eigenvalue weighted by atomic mass is 16.3. The fourth-order valence-corrected chi connectivity index (χ4v) is 5.21. The number of allylic oxidation sites excluding steroid dienone is 1. The smallest absolute Gasteiger partial charge is 0.115 e. The molecule has 188 valence electrons. The van der Waals surface area contributed by atoms with Crippen LogP contribution < -0.4 is 0 Å². The first-order chi connectivity index (χ1) is 15.5. The molecule has 0 fully saturated rings. The summed E-state index contributed by atoms with van der Waals surface area (Å²) in [4.78, 5) is 0. The van der Waals surface area contributed by atoms with Crippen LogP contribution in [0.1, 0.15) is 150 Å². The Balaban J connectivity index is 2.32. The molecule has 3 unspecified atom stereocenters. The van der Waals surface area contributed by atoms with Gasteiger partial charge in [-0.1, -0.05) is 130 Å². The van der Waals surface area contributed by atoms with Gasteiger partial charge in [-0.3, -0.25) is 0 Å². The van der Waals surface area contributed by atoms with E-state index < -0.39 is 6.10 Å². The number of aliphatic hydroxyl groups is 2. The van der Waals surface area contributed by atoms with Gasteiger partial charge in [-0.2, -0.15) is 0 Å². The molecule has 0 aromatic carbocycles. The molecular weight excluding hydrogens is 392 g/mol. The zero-order valence-corrected chi connectivity index (χ0v) is 22.1. The van der Waals surface area contributed by atoms with E-state index in [-0.39, 0.29) is 0 Å². The van der Waals surface area contributed by atoms with Crippen molar-refractivity contribution in [2.45, 2.75) is 156 Å². The molecule has 1 aliphatic rings. The first-order valence-electron chi connectivity index (χ1n) is 14.3. The van der Waals surface area contributed by atoms with Crippen molar-refractivity contribution in [3.8, 4) is 0 Å². The molecule has 0 saturated heterocycles. The minimum Gasteiger partial charge on any atom is -0.508 e. The Morgan fingerprint density at radius 1 is 0.688 bits per heavy atom. The molecule has 0 saturated carbocycles. The molecule has 2 N–H and O–H groups in total. The van der Waals surface area contributed by atoms with Crippen LogP contribution in [-0.2, 0) is 0 Å². The molecule has 2 nitrogen and oxygen atoms in total. The summed E-state index contributed by atoms with van der Waals surface area (Å²) in [5, 5.41) is 21.5. The lowest BCUT2D eigenvalue weighted by atomic mass is 9.80. The zero-order chi connectivity index (χ0) is 23.6. The normalized spacial score (nSPS) is 18.7. The van der Waals surface area contributed by atoms with Crippen molar-refractivity contribution in [1.29, 1.82) is 0 Å². The maximum Gasteiger partial charge on any atom is 0.115 e. The van der Waals surface area contributed by atoms with Crippen LogP contribution >= 0.6 is 0 Å². The molecular formula is C30H56O2. The Morgan fingerprint density at radius 3 is 1.56 bits per heavy atom. The fourth-order valence-electron chi connectivity index (χ4n) is 5.21. The van der Waals surface area contributed by atoms with Crippen LogP contribution in [0.4, 0.5) is 0 Å². The number of hydrogen-bond donors (Lipinski definition) is 2. The van der Waals surface area contributed by atoms with Gasteiger partial charge in [0, 0.05) is 6.42 Å². The molecule has 0 aliphatic heterocycles. The third kappa shape index (κ3) is 12.5. The van der Waals surface area contributed by atoms with Crippen LogP contribution in [0.5, 0.6) is 0 Å². The van der Waals surface area contributed by atoms with Crippen molar-refractivity contribution >= 4 is 0 Å². The summed E-state index contributed by atoms with van der Waals surface area (Å²) in [6.07, 6.45) is 25.7. The third-order valence-corrected chi connectivity index (χ3v) is 7.58. The van der Waals surface area contributed by atoms with Crippen LogP contribution in [0.3, 0.4) is 0 Å². The molecule has 3 atom stereocenters. The number of hydrogen-bond acceptors (Lipinski definition) is 2. The summed E-state index contributed by atoms with van der Waals surface area (Å²) in [6, 6.07) is 0. The molecule has 0 radical (unpaired) electrons. The molecule has 0 bridgehead atoms. The lowest BCUT2D eigenvalue weighted by Gasteiger charge is -2.29. The quantitative estimate of drug-likeness (QED) is 0.182. The van der Waals surface area contributed by atoms with E-state index in [0.717, 1.165) is 24.0 Å². The molecule has 0 spiro atoms. The highest BCUT2D eigenvalue weighted by molar-refractivity contribution is 5.34. The van der Waals surface area contributed by atoms with Crippen molar-refractivity contribution in [2.24, 2.45) is 11.8 Å². The van der Waals surface area contributed by atoms with Gasteiger partial charge >= 0.3 is 0 Å². The standard InChI is InChI=1S/C30H56O2/c1-5-7-9-11-13-15-17-19-21-25(3)27-23-30(32)28(24-29(27)31)26(4)22-20-18-16-14-12-10-8-6-2/h23,25-26,29,31-32H,5-22,24H2,1-4H3. The minimum absolute atomic E-state index is 0.358. The molecule has 0 aromatic rings. The van der Waals surface area contributed by atoms with Gasteiger partial charge in [0.25, 0.3) is 0 Å². The Morgan fingerprint density at radius 2 is 1.09 bits per heavy atom. The Labute approximate surface area is 201 Å². The highest BCUT2D eigenvalue weighted by Crippen LogP contribution is 2.35. The van der Waals surface area contributed by atoms with E-state index in [1.165, 1.54) is 103 Å². The van der Waals surface area contributed by atoms with Crippen molar-refractivity contribution in [3.63, 3.8) is 0 Å². The number of aliphatic hydroxyl groups excluding tert-OH is 2. The van der Waals surface area contributed by atoms with Crippen molar-refractivity contribution in [2.75, 3.05) is 0 Å². The predicted molar refractivity (Wildman–Crippen MR) is 141 cm³/mol. The van der Waals surface area contributed by atoms with Crippen molar-refractivity contribution < 1.29 is 10.2 Å². The second-order valence-corrected chi connectivity index (χ2v) is 10.6. The van der Waals surface area contributed by atoms with Gasteiger partial charge in [0.15, 0.2) is 0 Å². The average molecular weight is 449 g/mol. The van der Waals surface area contributed by atoms with Crippen molar-refractivity contribution in [1.82, 2.24) is 0 Å². The molecule has 2 heteroatoms. The van der Waals surface area contributed by atoms with Crippen LogP contribution in [0, 0.1) is 11.8 Å². The SMILES string of the molecule is CCCCCCCCCCC(C)C1=CC(O)=C(C(C)CCCCCCCCCC)CC1O. The molecule has 0 amide bonds. The van der Waals surface area contributed by atoms with E-state index >= 15 is 0 Å².